The minimum atomic E-state index is -0.194. The molecule has 0 spiro atoms. The van der Waals surface area contributed by atoms with Crippen molar-refractivity contribution < 1.29 is 28.2 Å². The number of methoxy groups -OCH3 is 1. The summed E-state index contributed by atoms with van der Waals surface area (Å²) < 4.78 is 28.2. The molecule has 4 rings (SSSR count). The lowest BCUT2D eigenvalue weighted by Crippen LogP contribution is -2.30. The summed E-state index contributed by atoms with van der Waals surface area (Å²) in [7, 11) is 1.59. The summed E-state index contributed by atoms with van der Waals surface area (Å²) in [6.45, 7) is 4.07. The Hall–Kier alpha value is -3.61. The van der Waals surface area contributed by atoms with E-state index in [-0.39, 0.29) is 18.3 Å². The predicted molar refractivity (Wildman–Crippen MR) is 114 cm³/mol. The summed E-state index contributed by atoms with van der Waals surface area (Å²) in [5.74, 6) is 3.29. The summed E-state index contributed by atoms with van der Waals surface area (Å²) >= 11 is 0. The Bertz CT molecular complexity index is 1040. The Morgan fingerprint density at radius 1 is 1.00 bits per heavy atom. The Balaban J connectivity index is 1.43. The van der Waals surface area contributed by atoms with Crippen molar-refractivity contribution in [3.8, 4) is 23.0 Å². The van der Waals surface area contributed by atoms with Gasteiger partial charge in [0.15, 0.2) is 28.8 Å². The summed E-state index contributed by atoms with van der Waals surface area (Å²) in [6.07, 6.45) is 0. The van der Waals surface area contributed by atoms with Crippen LogP contribution in [0.15, 0.2) is 59.0 Å². The first-order valence-corrected chi connectivity index (χ1v) is 10.2. The molecule has 0 atom stereocenters. The number of furan rings is 1. The first-order chi connectivity index (χ1) is 15.2. The number of carbonyl (C=O) groups is 1. The Kier molecular flexibility index (Phi) is 6.31. The number of amides is 1. The highest BCUT2D eigenvalue weighted by Gasteiger charge is 2.22. The lowest BCUT2D eigenvalue weighted by molar-refractivity contribution is 0.0712. The van der Waals surface area contributed by atoms with Crippen LogP contribution in [0.5, 0.6) is 23.0 Å². The van der Waals surface area contributed by atoms with Crippen LogP contribution in [0.3, 0.4) is 0 Å². The fourth-order valence-electron chi connectivity index (χ4n) is 3.40. The molecule has 162 valence electrons. The molecular formula is C24H25NO6. The molecule has 0 unspecified atom stereocenters. The van der Waals surface area contributed by atoms with Crippen molar-refractivity contribution in [3.05, 3.63) is 71.7 Å². The van der Waals surface area contributed by atoms with Crippen molar-refractivity contribution in [2.24, 2.45) is 0 Å². The van der Waals surface area contributed by atoms with Crippen LogP contribution in [-0.4, -0.2) is 37.7 Å². The molecule has 1 aliphatic heterocycles. The molecule has 7 nitrogen and oxygen atoms in total. The zero-order valence-corrected chi connectivity index (χ0v) is 17.6. The minimum Gasteiger partial charge on any atom is -0.493 e. The normalized spacial score (nSPS) is 12.3. The Labute approximate surface area is 181 Å². The van der Waals surface area contributed by atoms with Crippen molar-refractivity contribution in [2.45, 2.75) is 20.1 Å². The van der Waals surface area contributed by atoms with E-state index in [0.29, 0.717) is 55.1 Å². The third kappa shape index (κ3) is 4.60. The van der Waals surface area contributed by atoms with Gasteiger partial charge < -0.3 is 28.3 Å². The summed E-state index contributed by atoms with van der Waals surface area (Å²) in [5.41, 5.74) is 0.902. The van der Waals surface area contributed by atoms with E-state index in [0.717, 1.165) is 5.56 Å². The fraction of sp³-hybridized carbons (Fsp3) is 0.292. The number of carbonyl (C=O) groups excluding carboxylic acids is 1. The van der Waals surface area contributed by atoms with Crippen molar-refractivity contribution >= 4 is 5.91 Å². The van der Waals surface area contributed by atoms with Gasteiger partial charge in [-0.2, -0.15) is 0 Å². The third-order valence-electron chi connectivity index (χ3n) is 4.99. The molecule has 3 aromatic rings. The molecule has 1 aromatic heterocycles. The average Bonchev–Trinajstić information content (AvgIpc) is 3.30. The molecule has 0 aliphatic carbocycles. The molecule has 31 heavy (non-hydrogen) atoms. The van der Waals surface area contributed by atoms with E-state index in [1.54, 1.807) is 24.1 Å². The molecule has 0 N–H and O–H groups in total. The number of para-hydroxylation sites is 3. The largest absolute Gasteiger partial charge is 0.493 e. The second-order valence-electron chi connectivity index (χ2n) is 6.97. The van der Waals surface area contributed by atoms with E-state index in [1.807, 2.05) is 49.4 Å². The summed E-state index contributed by atoms with van der Waals surface area (Å²) in [4.78, 5) is 14.7. The summed E-state index contributed by atoms with van der Waals surface area (Å²) in [6, 6.07) is 16.5. The number of hydrogen-bond donors (Lipinski definition) is 0. The monoisotopic (exact) mass is 423 g/mol. The van der Waals surface area contributed by atoms with Crippen molar-refractivity contribution in [2.75, 3.05) is 26.9 Å². The molecule has 2 heterocycles. The molecule has 2 aromatic carbocycles. The Morgan fingerprint density at radius 3 is 2.61 bits per heavy atom. The molecule has 0 saturated carbocycles. The van der Waals surface area contributed by atoms with E-state index >= 15 is 0 Å². The van der Waals surface area contributed by atoms with Gasteiger partial charge in [-0.1, -0.05) is 24.3 Å². The van der Waals surface area contributed by atoms with E-state index < -0.39 is 0 Å². The van der Waals surface area contributed by atoms with Crippen molar-refractivity contribution in [3.63, 3.8) is 0 Å². The van der Waals surface area contributed by atoms with Gasteiger partial charge in [0.2, 0.25) is 0 Å². The van der Waals surface area contributed by atoms with Gasteiger partial charge in [-0.15, -0.1) is 0 Å². The van der Waals surface area contributed by atoms with Crippen LogP contribution in [0, 0.1) is 0 Å². The number of benzene rings is 2. The maximum absolute atomic E-state index is 13.0. The maximum Gasteiger partial charge on any atom is 0.289 e. The predicted octanol–water partition coefficient (Wildman–Crippen LogP) is 4.30. The molecular weight excluding hydrogens is 398 g/mol. The minimum absolute atomic E-state index is 0.192. The molecule has 0 radical (unpaired) electrons. The second kappa shape index (κ2) is 9.47. The highest BCUT2D eigenvalue weighted by molar-refractivity contribution is 5.91. The second-order valence-corrected chi connectivity index (χ2v) is 6.97. The molecule has 0 bridgehead atoms. The van der Waals surface area contributed by atoms with Gasteiger partial charge >= 0.3 is 0 Å². The quantitative estimate of drug-likeness (QED) is 0.538. The average molecular weight is 423 g/mol. The molecule has 1 amide bonds. The number of ether oxygens (including phenoxy) is 4. The van der Waals surface area contributed by atoms with E-state index in [2.05, 4.69) is 0 Å². The fourth-order valence-corrected chi connectivity index (χ4v) is 3.40. The number of hydrogen-bond acceptors (Lipinski definition) is 6. The van der Waals surface area contributed by atoms with Crippen LogP contribution in [0.4, 0.5) is 0 Å². The van der Waals surface area contributed by atoms with Gasteiger partial charge in [0.1, 0.15) is 25.6 Å². The van der Waals surface area contributed by atoms with E-state index in [9.17, 15) is 4.79 Å². The van der Waals surface area contributed by atoms with Gasteiger partial charge in [0, 0.05) is 18.7 Å². The molecule has 0 saturated heterocycles. The van der Waals surface area contributed by atoms with Gasteiger partial charge in [-0.3, -0.25) is 4.79 Å². The SMILES string of the molecule is CCN(Cc1cccc2c1OCCO2)C(=O)c1ccc(COc2ccccc2OC)o1. The zero-order chi connectivity index (χ0) is 21.6. The van der Waals surface area contributed by atoms with Crippen LogP contribution >= 0.6 is 0 Å². The van der Waals surface area contributed by atoms with Crippen LogP contribution < -0.4 is 18.9 Å². The van der Waals surface area contributed by atoms with Gasteiger partial charge in [0.05, 0.1) is 7.11 Å². The maximum atomic E-state index is 13.0. The first-order valence-electron chi connectivity index (χ1n) is 10.2. The molecule has 0 fully saturated rings. The molecule has 1 aliphatic rings. The van der Waals surface area contributed by atoms with Gasteiger partial charge in [-0.05, 0) is 37.3 Å². The highest BCUT2D eigenvalue weighted by atomic mass is 16.6. The highest BCUT2D eigenvalue weighted by Crippen LogP contribution is 2.34. The standard InChI is InChI=1S/C24H25NO6/c1-3-25(15-17-7-6-10-21-23(17)29-14-13-28-21)24(26)22-12-11-18(31-22)16-30-20-9-5-4-8-19(20)27-2/h4-12H,3,13-16H2,1-2H3. The van der Waals surface area contributed by atoms with E-state index in [1.165, 1.54) is 0 Å². The summed E-state index contributed by atoms with van der Waals surface area (Å²) in [5, 5.41) is 0. The number of fused-ring (bicyclic) bond motifs is 1. The van der Waals surface area contributed by atoms with Crippen LogP contribution in [0.1, 0.15) is 28.8 Å². The topological polar surface area (TPSA) is 70.4 Å². The molecule has 7 heteroatoms. The van der Waals surface area contributed by atoms with Gasteiger partial charge in [-0.25, -0.2) is 0 Å². The van der Waals surface area contributed by atoms with Crippen LogP contribution in [0.25, 0.3) is 0 Å². The smallest absolute Gasteiger partial charge is 0.289 e. The van der Waals surface area contributed by atoms with Gasteiger partial charge in [0.25, 0.3) is 5.91 Å². The van der Waals surface area contributed by atoms with Crippen molar-refractivity contribution in [1.82, 2.24) is 4.90 Å². The van der Waals surface area contributed by atoms with Crippen LogP contribution in [-0.2, 0) is 13.2 Å². The van der Waals surface area contributed by atoms with Crippen molar-refractivity contribution in [1.29, 1.82) is 0 Å². The lowest BCUT2D eigenvalue weighted by Gasteiger charge is -2.25. The zero-order valence-electron chi connectivity index (χ0n) is 17.6. The number of rotatable bonds is 8. The van der Waals surface area contributed by atoms with E-state index in [4.69, 9.17) is 23.4 Å². The third-order valence-corrected chi connectivity index (χ3v) is 4.99. The number of nitrogens with zero attached hydrogens (tertiary/aromatic N) is 1. The lowest BCUT2D eigenvalue weighted by atomic mass is 10.1. The van der Waals surface area contributed by atoms with Crippen LogP contribution in [0.2, 0.25) is 0 Å². The Morgan fingerprint density at radius 2 is 1.81 bits per heavy atom. The first kappa shape index (κ1) is 20.7.